The summed E-state index contributed by atoms with van der Waals surface area (Å²) in [6.45, 7) is 3.33. The van der Waals surface area contributed by atoms with Crippen molar-refractivity contribution in [2.24, 2.45) is 0 Å². The molecule has 1 heterocycles. The lowest BCUT2D eigenvalue weighted by atomic mass is 10.1. The number of aromatic nitrogens is 2. The van der Waals surface area contributed by atoms with E-state index >= 15 is 0 Å². The van der Waals surface area contributed by atoms with E-state index in [2.05, 4.69) is 53.6 Å². The Hall–Kier alpha value is -2.66. The van der Waals surface area contributed by atoms with Crippen molar-refractivity contribution in [3.05, 3.63) is 66.0 Å². The van der Waals surface area contributed by atoms with Gasteiger partial charge in [-0.1, -0.05) is 36.4 Å². The number of nitrogens with zero attached hydrogens (tertiary/aromatic N) is 3. The van der Waals surface area contributed by atoms with Crippen LogP contribution in [0.5, 0.6) is 0 Å². The van der Waals surface area contributed by atoms with Crippen LogP contribution in [0.1, 0.15) is 24.1 Å². The number of fused-ring (bicyclic) bond motifs is 1. The van der Waals surface area contributed by atoms with Gasteiger partial charge in [-0.2, -0.15) is 0 Å². The number of rotatable bonds is 6. The summed E-state index contributed by atoms with van der Waals surface area (Å²) >= 11 is 0. The van der Waals surface area contributed by atoms with Crippen LogP contribution in [-0.2, 0) is 17.9 Å². The van der Waals surface area contributed by atoms with Crippen LogP contribution >= 0.6 is 0 Å². The second-order valence-corrected chi connectivity index (χ2v) is 6.59. The van der Waals surface area contributed by atoms with Crippen molar-refractivity contribution in [3.8, 4) is 0 Å². The largest absolute Gasteiger partial charge is 0.350 e. The third kappa shape index (κ3) is 4.06. The zero-order chi connectivity index (χ0) is 17.8. The molecule has 25 heavy (non-hydrogen) atoms. The molecule has 0 aliphatic carbocycles. The summed E-state index contributed by atoms with van der Waals surface area (Å²) in [4.78, 5) is 19.0. The summed E-state index contributed by atoms with van der Waals surface area (Å²) in [7, 11) is 4.10. The van der Waals surface area contributed by atoms with Crippen LogP contribution in [0.4, 0.5) is 0 Å². The zero-order valence-electron chi connectivity index (χ0n) is 14.9. The van der Waals surface area contributed by atoms with Gasteiger partial charge in [0.1, 0.15) is 6.04 Å². The standard InChI is InChI=1S/C20H24N4O/c1-15(24-14-22-18-6-4-5-7-19(18)24)20(25)21-12-16-8-10-17(11-9-16)13-23(2)3/h4-11,14-15H,12-13H2,1-3H3,(H,21,25)/t15-/m0/s1. The van der Waals surface area contributed by atoms with Gasteiger partial charge < -0.3 is 14.8 Å². The topological polar surface area (TPSA) is 50.2 Å². The third-order valence-electron chi connectivity index (χ3n) is 4.27. The molecule has 0 fully saturated rings. The number of hydrogen-bond acceptors (Lipinski definition) is 3. The summed E-state index contributed by atoms with van der Waals surface area (Å²) in [5, 5.41) is 3.01. The van der Waals surface area contributed by atoms with Gasteiger partial charge in [0.05, 0.1) is 17.4 Å². The smallest absolute Gasteiger partial charge is 0.243 e. The highest BCUT2D eigenvalue weighted by molar-refractivity contribution is 5.83. The summed E-state index contributed by atoms with van der Waals surface area (Å²) in [6.07, 6.45) is 1.73. The van der Waals surface area contributed by atoms with Crippen LogP contribution in [0.15, 0.2) is 54.9 Å². The average molecular weight is 336 g/mol. The van der Waals surface area contributed by atoms with Gasteiger partial charge in [-0.05, 0) is 44.3 Å². The molecular formula is C20H24N4O. The van der Waals surface area contributed by atoms with E-state index in [0.29, 0.717) is 6.54 Å². The molecule has 2 aromatic carbocycles. The average Bonchev–Trinajstić information content (AvgIpc) is 3.04. The minimum atomic E-state index is -0.305. The van der Waals surface area contributed by atoms with E-state index in [1.807, 2.05) is 35.8 Å². The third-order valence-corrected chi connectivity index (χ3v) is 4.27. The summed E-state index contributed by atoms with van der Waals surface area (Å²) < 4.78 is 1.91. The second-order valence-electron chi connectivity index (χ2n) is 6.59. The highest BCUT2D eigenvalue weighted by Gasteiger charge is 2.16. The van der Waals surface area contributed by atoms with Gasteiger partial charge in [0.15, 0.2) is 0 Å². The predicted molar refractivity (Wildman–Crippen MR) is 100 cm³/mol. The molecule has 130 valence electrons. The molecule has 5 heteroatoms. The maximum atomic E-state index is 12.5. The first-order valence-electron chi connectivity index (χ1n) is 8.46. The van der Waals surface area contributed by atoms with Gasteiger partial charge >= 0.3 is 0 Å². The van der Waals surface area contributed by atoms with E-state index in [-0.39, 0.29) is 11.9 Å². The zero-order valence-corrected chi connectivity index (χ0v) is 14.9. The lowest BCUT2D eigenvalue weighted by Crippen LogP contribution is -2.30. The Morgan fingerprint density at radius 3 is 2.52 bits per heavy atom. The van der Waals surface area contributed by atoms with Crippen LogP contribution in [0.25, 0.3) is 11.0 Å². The summed E-state index contributed by atoms with van der Waals surface area (Å²) in [6, 6.07) is 15.9. The predicted octanol–water partition coefficient (Wildman–Crippen LogP) is 2.98. The normalized spacial score (nSPS) is 12.5. The minimum Gasteiger partial charge on any atom is -0.350 e. The van der Waals surface area contributed by atoms with E-state index in [0.717, 1.165) is 23.1 Å². The number of para-hydroxylation sites is 2. The van der Waals surface area contributed by atoms with Crippen molar-refractivity contribution in [1.29, 1.82) is 0 Å². The Morgan fingerprint density at radius 1 is 1.12 bits per heavy atom. The number of carbonyl (C=O) groups excluding carboxylic acids is 1. The number of amides is 1. The van der Waals surface area contributed by atoms with Crippen molar-refractivity contribution in [3.63, 3.8) is 0 Å². The number of benzene rings is 2. The number of nitrogens with one attached hydrogen (secondary N) is 1. The molecule has 0 saturated heterocycles. The van der Waals surface area contributed by atoms with Crippen molar-refractivity contribution in [2.45, 2.75) is 26.1 Å². The maximum absolute atomic E-state index is 12.5. The maximum Gasteiger partial charge on any atom is 0.243 e. The molecule has 0 unspecified atom stereocenters. The molecule has 0 aliphatic rings. The van der Waals surface area contributed by atoms with Crippen molar-refractivity contribution < 1.29 is 4.79 Å². The van der Waals surface area contributed by atoms with E-state index < -0.39 is 0 Å². The van der Waals surface area contributed by atoms with Crippen LogP contribution in [0, 0.1) is 0 Å². The van der Waals surface area contributed by atoms with Gasteiger partial charge in [0.2, 0.25) is 5.91 Å². The molecule has 1 amide bonds. The van der Waals surface area contributed by atoms with Gasteiger partial charge in [-0.15, -0.1) is 0 Å². The Bertz CT molecular complexity index is 852. The molecule has 1 N–H and O–H groups in total. The monoisotopic (exact) mass is 336 g/mol. The van der Waals surface area contributed by atoms with E-state index in [1.165, 1.54) is 5.56 Å². The molecule has 0 spiro atoms. The molecule has 1 atom stereocenters. The Kier molecular flexibility index (Phi) is 5.14. The van der Waals surface area contributed by atoms with Crippen LogP contribution in [0.2, 0.25) is 0 Å². The first-order valence-corrected chi connectivity index (χ1v) is 8.46. The molecule has 0 radical (unpaired) electrons. The molecule has 3 rings (SSSR count). The summed E-state index contributed by atoms with van der Waals surface area (Å²) in [5.41, 5.74) is 4.23. The van der Waals surface area contributed by atoms with Gasteiger partial charge in [-0.3, -0.25) is 4.79 Å². The fourth-order valence-electron chi connectivity index (χ4n) is 2.88. The minimum absolute atomic E-state index is 0.0134. The van der Waals surface area contributed by atoms with Gasteiger partial charge in [-0.25, -0.2) is 4.98 Å². The first kappa shape index (κ1) is 17.2. The van der Waals surface area contributed by atoms with E-state index in [1.54, 1.807) is 6.33 Å². The number of imidazole rings is 1. The number of hydrogen-bond donors (Lipinski definition) is 1. The molecule has 0 saturated carbocycles. The fraction of sp³-hybridized carbons (Fsp3) is 0.300. The quantitative estimate of drug-likeness (QED) is 0.753. The molecule has 1 aromatic heterocycles. The van der Waals surface area contributed by atoms with Crippen molar-refractivity contribution >= 4 is 16.9 Å². The van der Waals surface area contributed by atoms with Crippen LogP contribution in [-0.4, -0.2) is 34.5 Å². The van der Waals surface area contributed by atoms with Crippen LogP contribution < -0.4 is 5.32 Å². The van der Waals surface area contributed by atoms with Crippen molar-refractivity contribution in [2.75, 3.05) is 14.1 Å². The lowest BCUT2D eigenvalue weighted by Gasteiger charge is -2.15. The summed E-state index contributed by atoms with van der Waals surface area (Å²) in [5.74, 6) is -0.0134. The second kappa shape index (κ2) is 7.49. The van der Waals surface area contributed by atoms with Crippen molar-refractivity contribution in [1.82, 2.24) is 19.8 Å². The van der Waals surface area contributed by atoms with Gasteiger partial charge in [0.25, 0.3) is 0 Å². The van der Waals surface area contributed by atoms with E-state index in [9.17, 15) is 4.79 Å². The number of carbonyl (C=O) groups is 1. The lowest BCUT2D eigenvalue weighted by molar-refractivity contribution is -0.123. The van der Waals surface area contributed by atoms with Gasteiger partial charge in [0, 0.05) is 13.1 Å². The Labute approximate surface area is 148 Å². The highest BCUT2D eigenvalue weighted by atomic mass is 16.2. The Balaban J connectivity index is 1.62. The fourth-order valence-corrected chi connectivity index (χ4v) is 2.88. The molecule has 3 aromatic rings. The van der Waals surface area contributed by atoms with E-state index in [4.69, 9.17) is 0 Å². The molecule has 0 aliphatic heterocycles. The highest BCUT2D eigenvalue weighted by Crippen LogP contribution is 2.17. The molecule has 0 bridgehead atoms. The Morgan fingerprint density at radius 2 is 1.80 bits per heavy atom. The molecular weight excluding hydrogens is 312 g/mol. The SMILES string of the molecule is C[C@@H](C(=O)NCc1ccc(CN(C)C)cc1)n1cnc2ccccc21. The first-order chi connectivity index (χ1) is 12.0. The molecule has 5 nitrogen and oxygen atoms in total. The van der Waals surface area contributed by atoms with Crippen LogP contribution in [0.3, 0.4) is 0 Å².